The van der Waals surface area contributed by atoms with E-state index in [2.05, 4.69) is 5.32 Å². The van der Waals surface area contributed by atoms with Gasteiger partial charge in [0, 0.05) is 6.08 Å². The van der Waals surface area contributed by atoms with Crippen LogP contribution in [-0.4, -0.2) is 31.8 Å². The average molecular weight is 341 g/mol. The summed E-state index contributed by atoms with van der Waals surface area (Å²) >= 11 is 0. The summed E-state index contributed by atoms with van der Waals surface area (Å²) in [5.41, 5.74) is 0.426. The zero-order valence-electron chi connectivity index (χ0n) is 14.7. The molecule has 0 radical (unpaired) electrons. The second-order valence-corrected chi connectivity index (χ2v) is 5.81. The van der Waals surface area contributed by atoms with Crippen LogP contribution in [0.5, 0.6) is 11.5 Å². The molecule has 5 nitrogen and oxygen atoms in total. The van der Waals surface area contributed by atoms with Crippen molar-refractivity contribution in [2.24, 2.45) is 0 Å². The van der Waals surface area contributed by atoms with E-state index in [0.29, 0.717) is 11.5 Å². The summed E-state index contributed by atoms with van der Waals surface area (Å²) in [6.07, 6.45) is 3.09. The van der Waals surface area contributed by atoms with Crippen molar-refractivity contribution in [3.8, 4) is 11.5 Å². The molecule has 2 aromatic carbocycles. The Balaban J connectivity index is 1.97. The van der Waals surface area contributed by atoms with Crippen molar-refractivity contribution in [1.82, 2.24) is 5.32 Å². The lowest BCUT2D eigenvalue weighted by molar-refractivity contribution is -0.117. The number of carbonyl (C=O) groups excluding carboxylic acids is 1. The van der Waals surface area contributed by atoms with E-state index in [1.807, 2.05) is 36.4 Å². The molecule has 0 bridgehead atoms. The summed E-state index contributed by atoms with van der Waals surface area (Å²) in [6, 6.07) is 14.6. The molecular weight excluding hydrogens is 318 g/mol. The molecule has 1 atom stereocenters. The van der Waals surface area contributed by atoms with Crippen LogP contribution in [0.1, 0.15) is 18.1 Å². The molecule has 0 aliphatic carbocycles. The fraction of sp³-hybridized carbons (Fsp3) is 0.250. The summed E-state index contributed by atoms with van der Waals surface area (Å²) in [7, 11) is 3.13. The molecule has 0 heterocycles. The Morgan fingerprint density at radius 3 is 2.44 bits per heavy atom. The minimum atomic E-state index is -1.13. The second-order valence-electron chi connectivity index (χ2n) is 5.81. The maximum absolute atomic E-state index is 12.0. The third-order valence-electron chi connectivity index (χ3n) is 3.84. The van der Waals surface area contributed by atoms with Crippen molar-refractivity contribution < 1.29 is 19.4 Å². The predicted molar refractivity (Wildman–Crippen MR) is 97.6 cm³/mol. The van der Waals surface area contributed by atoms with Crippen LogP contribution in [0, 0.1) is 0 Å². The van der Waals surface area contributed by atoms with Gasteiger partial charge in [0.1, 0.15) is 5.60 Å². The Kier molecular flexibility index (Phi) is 6.19. The minimum absolute atomic E-state index is 0.117. The fourth-order valence-corrected chi connectivity index (χ4v) is 2.35. The van der Waals surface area contributed by atoms with Crippen molar-refractivity contribution in [1.29, 1.82) is 0 Å². The van der Waals surface area contributed by atoms with Crippen LogP contribution >= 0.6 is 0 Å². The van der Waals surface area contributed by atoms with E-state index in [9.17, 15) is 9.90 Å². The van der Waals surface area contributed by atoms with E-state index in [4.69, 9.17) is 9.47 Å². The molecule has 2 aromatic rings. The maximum atomic E-state index is 12.0. The molecule has 132 valence electrons. The second kappa shape index (κ2) is 8.35. The van der Waals surface area contributed by atoms with Crippen molar-refractivity contribution >= 4 is 12.0 Å². The monoisotopic (exact) mass is 341 g/mol. The van der Waals surface area contributed by atoms with Gasteiger partial charge in [0.05, 0.1) is 20.8 Å². The topological polar surface area (TPSA) is 67.8 Å². The number of rotatable bonds is 7. The molecular formula is C20H23NO4. The first kappa shape index (κ1) is 18.5. The minimum Gasteiger partial charge on any atom is -0.493 e. The normalized spacial score (nSPS) is 13.3. The van der Waals surface area contributed by atoms with Gasteiger partial charge in [-0.25, -0.2) is 0 Å². The number of aliphatic hydroxyl groups is 1. The highest BCUT2D eigenvalue weighted by molar-refractivity contribution is 5.91. The SMILES string of the molecule is COc1ccc(/C=C/C(=O)NCC(C)(O)c2ccccc2)cc1OC. The number of amides is 1. The van der Waals surface area contributed by atoms with E-state index in [0.717, 1.165) is 11.1 Å². The zero-order valence-corrected chi connectivity index (χ0v) is 14.7. The number of nitrogens with one attached hydrogen (secondary N) is 1. The fourth-order valence-electron chi connectivity index (χ4n) is 2.35. The third kappa shape index (κ3) is 5.09. The van der Waals surface area contributed by atoms with E-state index in [1.54, 1.807) is 39.4 Å². The van der Waals surface area contributed by atoms with Gasteiger partial charge >= 0.3 is 0 Å². The van der Waals surface area contributed by atoms with Gasteiger partial charge in [0.2, 0.25) is 5.91 Å². The Morgan fingerprint density at radius 2 is 1.80 bits per heavy atom. The van der Waals surface area contributed by atoms with Gasteiger partial charge in [-0.1, -0.05) is 36.4 Å². The van der Waals surface area contributed by atoms with Crippen molar-refractivity contribution in [3.05, 3.63) is 65.7 Å². The van der Waals surface area contributed by atoms with Gasteiger partial charge in [-0.3, -0.25) is 4.79 Å². The van der Waals surface area contributed by atoms with E-state index in [-0.39, 0.29) is 12.5 Å². The number of methoxy groups -OCH3 is 2. The molecule has 25 heavy (non-hydrogen) atoms. The third-order valence-corrected chi connectivity index (χ3v) is 3.84. The lowest BCUT2D eigenvalue weighted by atomic mass is 9.96. The van der Waals surface area contributed by atoms with E-state index < -0.39 is 5.60 Å². The van der Waals surface area contributed by atoms with E-state index >= 15 is 0 Å². The average Bonchev–Trinajstić information content (AvgIpc) is 2.65. The largest absolute Gasteiger partial charge is 0.493 e. The first-order valence-corrected chi connectivity index (χ1v) is 7.92. The molecule has 0 aliphatic heterocycles. The van der Waals surface area contributed by atoms with Crippen LogP contribution in [0.25, 0.3) is 6.08 Å². The molecule has 2 N–H and O–H groups in total. The standard InChI is InChI=1S/C20H23NO4/c1-20(23,16-7-5-4-6-8-16)14-21-19(22)12-10-15-9-11-17(24-2)18(13-15)25-3/h4-13,23H,14H2,1-3H3,(H,21,22)/b12-10+. The number of carbonyl (C=O) groups is 1. The highest BCUT2D eigenvalue weighted by atomic mass is 16.5. The van der Waals surface area contributed by atoms with Crippen LogP contribution < -0.4 is 14.8 Å². The molecule has 0 saturated carbocycles. The molecule has 0 aliphatic rings. The van der Waals surface area contributed by atoms with Crippen LogP contribution in [-0.2, 0) is 10.4 Å². The summed E-state index contributed by atoms with van der Waals surface area (Å²) < 4.78 is 10.4. The smallest absolute Gasteiger partial charge is 0.244 e. The van der Waals surface area contributed by atoms with Crippen LogP contribution in [0.4, 0.5) is 0 Å². The lowest BCUT2D eigenvalue weighted by Crippen LogP contribution is -2.37. The molecule has 5 heteroatoms. The van der Waals surface area contributed by atoms with Crippen molar-refractivity contribution in [3.63, 3.8) is 0 Å². The predicted octanol–water partition coefficient (Wildman–Crippen LogP) is 2.74. The maximum Gasteiger partial charge on any atom is 0.244 e. The highest BCUT2D eigenvalue weighted by Crippen LogP contribution is 2.28. The van der Waals surface area contributed by atoms with Gasteiger partial charge in [0.15, 0.2) is 11.5 Å². The highest BCUT2D eigenvalue weighted by Gasteiger charge is 2.22. The van der Waals surface area contributed by atoms with Gasteiger partial charge in [-0.15, -0.1) is 0 Å². The van der Waals surface area contributed by atoms with Crippen LogP contribution in [0.3, 0.4) is 0 Å². The quantitative estimate of drug-likeness (QED) is 0.760. The number of ether oxygens (including phenoxy) is 2. The van der Waals surface area contributed by atoms with Gasteiger partial charge in [-0.05, 0) is 36.3 Å². The molecule has 1 unspecified atom stereocenters. The Hall–Kier alpha value is -2.79. The Bertz CT molecular complexity index is 739. The van der Waals surface area contributed by atoms with Crippen molar-refractivity contribution in [2.75, 3.05) is 20.8 Å². The zero-order chi connectivity index (χ0) is 18.3. The summed E-state index contributed by atoms with van der Waals surface area (Å²) in [4.78, 5) is 12.0. The van der Waals surface area contributed by atoms with Crippen molar-refractivity contribution in [2.45, 2.75) is 12.5 Å². The first-order chi connectivity index (χ1) is 12.0. The molecule has 1 amide bonds. The molecule has 0 spiro atoms. The van der Waals surface area contributed by atoms with Crippen LogP contribution in [0.2, 0.25) is 0 Å². The lowest BCUT2D eigenvalue weighted by Gasteiger charge is -2.23. The van der Waals surface area contributed by atoms with E-state index in [1.165, 1.54) is 6.08 Å². The molecule has 0 aromatic heterocycles. The number of hydrogen-bond acceptors (Lipinski definition) is 4. The molecule has 2 rings (SSSR count). The molecule has 0 fully saturated rings. The Labute approximate surface area is 147 Å². The van der Waals surface area contributed by atoms with Crippen LogP contribution in [0.15, 0.2) is 54.6 Å². The van der Waals surface area contributed by atoms with Gasteiger partial charge in [0.25, 0.3) is 0 Å². The van der Waals surface area contributed by atoms with Gasteiger partial charge in [-0.2, -0.15) is 0 Å². The number of hydrogen-bond donors (Lipinski definition) is 2. The summed E-state index contributed by atoms with van der Waals surface area (Å²) in [6.45, 7) is 1.78. The summed E-state index contributed by atoms with van der Waals surface area (Å²) in [5.74, 6) is 0.936. The Morgan fingerprint density at radius 1 is 1.12 bits per heavy atom. The van der Waals surface area contributed by atoms with Gasteiger partial charge < -0.3 is 19.9 Å². The number of benzene rings is 2. The molecule has 0 saturated heterocycles. The summed E-state index contributed by atoms with van der Waals surface area (Å²) in [5, 5.41) is 13.2. The first-order valence-electron chi connectivity index (χ1n) is 7.92.